The second-order valence-electron chi connectivity index (χ2n) is 7.06. The molecule has 0 spiro atoms. The molecule has 1 aromatic carbocycles. The maximum absolute atomic E-state index is 12.4. The van der Waals surface area contributed by atoms with Crippen LogP contribution in [0.25, 0.3) is 5.65 Å². The average Bonchev–Trinajstić information content (AvgIpc) is 3.27. The van der Waals surface area contributed by atoms with Gasteiger partial charge in [-0.05, 0) is 12.0 Å². The van der Waals surface area contributed by atoms with Crippen LogP contribution in [0.1, 0.15) is 37.5 Å². The number of carbonyl (C=O) groups is 1. The van der Waals surface area contributed by atoms with Gasteiger partial charge in [-0.1, -0.05) is 44.2 Å². The zero-order valence-electron chi connectivity index (χ0n) is 15.9. The monoisotopic (exact) mass is 381 g/mol. The predicted octanol–water partition coefficient (Wildman–Crippen LogP) is 2.35. The number of aromatic nitrogens is 4. The van der Waals surface area contributed by atoms with Crippen molar-refractivity contribution in [2.24, 2.45) is 5.92 Å². The Balaban J connectivity index is 1.76. The van der Waals surface area contributed by atoms with Crippen LogP contribution in [0.5, 0.6) is 0 Å². The molecule has 3 heterocycles. The van der Waals surface area contributed by atoms with E-state index in [-0.39, 0.29) is 18.0 Å². The molecule has 1 saturated heterocycles. The van der Waals surface area contributed by atoms with E-state index in [0.29, 0.717) is 17.8 Å². The Hall–Kier alpha value is -2.84. The number of anilines is 1. The average molecular weight is 381 g/mol. The molecule has 28 heavy (non-hydrogen) atoms. The van der Waals surface area contributed by atoms with Crippen molar-refractivity contribution in [3.05, 3.63) is 54.0 Å². The Morgan fingerprint density at radius 2 is 2.11 bits per heavy atom. The normalized spacial score (nSPS) is 27.3. The number of fused-ring (bicyclic) bond motifs is 1. The standard InChI is InChI=1S/C20H23N5O3/c1-3-16-13(2)20(11-26,27-10-14-7-5-4-6-8-14)17(28-16)15-9-24-25-18(15)22-12-23-19(25)21/h4-9,11-13,16-17H,3,10H2,1-2H3,(H2,21,22,23)/t13-,16-,17?,20-/m1/s1. The summed E-state index contributed by atoms with van der Waals surface area (Å²) in [5.41, 5.74) is 6.90. The Bertz CT molecular complexity index is 976. The molecule has 2 aromatic heterocycles. The summed E-state index contributed by atoms with van der Waals surface area (Å²) >= 11 is 0. The van der Waals surface area contributed by atoms with Gasteiger partial charge in [0.1, 0.15) is 12.4 Å². The van der Waals surface area contributed by atoms with E-state index in [4.69, 9.17) is 15.2 Å². The van der Waals surface area contributed by atoms with Gasteiger partial charge in [0.2, 0.25) is 5.95 Å². The third-order valence-corrected chi connectivity index (χ3v) is 5.55. The van der Waals surface area contributed by atoms with Gasteiger partial charge in [-0.25, -0.2) is 9.97 Å². The summed E-state index contributed by atoms with van der Waals surface area (Å²) in [6.45, 7) is 4.33. The minimum atomic E-state index is -1.15. The molecule has 8 nitrogen and oxygen atoms in total. The van der Waals surface area contributed by atoms with Gasteiger partial charge in [0, 0.05) is 11.5 Å². The van der Waals surface area contributed by atoms with Crippen molar-refractivity contribution in [2.45, 2.75) is 44.7 Å². The van der Waals surface area contributed by atoms with Crippen molar-refractivity contribution in [3.8, 4) is 0 Å². The number of hydrogen-bond donors (Lipinski definition) is 1. The first-order chi connectivity index (χ1) is 13.6. The molecular weight excluding hydrogens is 358 g/mol. The van der Waals surface area contributed by atoms with E-state index in [1.54, 1.807) is 6.20 Å². The number of nitrogen functional groups attached to an aromatic ring is 1. The topological polar surface area (TPSA) is 105 Å². The third kappa shape index (κ3) is 2.85. The minimum Gasteiger partial charge on any atom is -0.368 e. The molecule has 1 unspecified atom stereocenters. The molecule has 3 aromatic rings. The summed E-state index contributed by atoms with van der Waals surface area (Å²) in [5, 5.41) is 4.27. The second-order valence-corrected chi connectivity index (χ2v) is 7.06. The van der Waals surface area contributed by atoms with E-state index in [2.05, 4.69) is 15.1 Å². The van der Waals surface area contributed by atoms with E-state index < -0.39 is 11.7 Å². The quantitative estimate of drug-likeness (QED) is 0.654. The largest absolute Gasteiger partial charge is 0.368 e. The molecule has 0 aliphatic carbocycles. The summed E-state index contributed by atoms with van der Waals surface area (Å²) in [6, 6.07) is 9.76. The van der Waals surface area contributed by atoms with Crippen LogP contribution >= 0.6 is 0 Å². The van der Waals surface area contributed by atoms with Crippen LogP contribution in [0.3, 0.4) is 0 Å². The summed E-state index contributed by atoms with van der Waals surface area (Å²) in [6.07, 6.45) is 3.87. The molecule has 1 aliphatic rings. The van der Waals surface area contributed by atoms with Crippen LogP contribution in [0.15, 0.2) is 42.9 Å². The van der Waals surface area contributed by atoms with E-state index in [0.717, 1.165) is 18.3 Å². The molecule has 4 atom stereocenters. The van der Waals surface area contributed by atoms with Crippen LogP contribution in [-0.4, -0.2) is 37.6 Å². The zero-order chi connectivity index (χ0) is 19.7. The molecule has 1 fully saturated rings. The summed E-state index contributed by atoms with van der Waals surface area (Å²) in [7, 11) is 0. The molecule has 8 heteroatoms. The van der Waals surface area contributed by atoms with Crippen LogP contribution in [0, 0.1) is 5.92 Å². The summed E-state index contributed by atoms with van der Waals surface area (Å²) < 4.78 is 14.0. The molecule has 0 amide bonds. The minimum absolute atomic E-state index is 0.125. The van der Waals surface area contributed by atoms with Gasteiger partial charge in [-0.3, -0.25) is 4.79 Å². The van der Waals surface area contributed by atoms with Crippen molar-refractivity contribution in [1.29, 1.82) is 0 Å². The van der Waals surface area contributed by atoms with E-state index in [9.17, 15) is 4.79 Å². The first-order valence-electron chi connectivity index (χ1n) is 9.34. The number of benzene rings is 1. The van der Waals surface area contributed by atoms with Crippen molar-refractivity contribution in [3.63, 3.8) is 0 Å². The smallest absolute Gasteiger partial charge is 0.224 e. The number of ether oxygens (including phenoxy) is 2. The maximum Gasteiger partial charge on any atom is 0.224 e. The van der Waals surface area contributed by atoms with E-state index in [1.807, 2.05) is 44.2 Å². The van der Waals surface area contributed by atoms with Gasteiger partial charge in [0.05, 0.1) is 18.9 Å². The summed E-state index contributed by atoms with van der Waals surface area (Å²) in [5.74, 6) is 0.0779. The number of nitrogens with two attached hydrogens (primary N) is 1. The zero-order valence-corrected chi connectivity index (χ0v) is 15.9. The number of nitrogens with zero attached hydrogens (tertiary/aromatic N) is 4. The van der Waals surface area contributed by atoms with Gasteiger partial charge in [0.25, 0.3) is 0 Å². The third-order valence-electron chi connectivity index (χ3n) is 5.55. The number of rotatable bonds is 6. The van der Waals surface area contributed by atoms with Gasteiger partial charge < -0.3 is 15.2 Å². The molecule has 0 radical (unpaired) electrons. The lowest BCUT2D eigenvalue weighted by molar-refractivity contribution is -0.148. The second kappa shape index (κ2) is 7.29. The fraction of sp³-hybridized carbons (Fsp3) is 0.400. The first kappa shape index (κ1) is 18.5. The first-order valence-corrected chi connectivity index (χ1v) is 9.34. The fourth-order valence-corrected chi connectivity index (χ4v) is 3.92. The predicted molar refractivity (Wildman–Crippen MR) is 102 cm³/mol. The highest BCUT2D eigenvalue weighted by Gasteiger charge is 2.56. The highest BCUT2D eigenvalue weighted by Crippen LogP contribution is 2.48. The molecular formula is C20H23N5O3. The highest BCUT2D eigenvalue weighted by atomic mass is 16.6. The van der Waals surface area contributed by atoms with Gasteiger partial charge in [-0.15, -0.1) is 0 Å². The lowest BCUT2D eigenvalue weighted by atomic mass is 9.82. The van der Waals surface area contributed by atoms with Crippen LogP contribution in [0.4, 0.5) is 5.95 Å². The van der Waals surface area contributed by atoms with Gasteiger partial charge in [-0.2, -0.15) is 9.61 Å². The molecule has 0 bridgehead atoms. The van der Waals surface area contributed by atoms with Crippen molar-refractivity contribution in [2.75, 3.05) is 5.73 Å². The van der Waals surface area contributed by atoms with E-state index in [1.165, 1.54) is 10.8 Å². The number of hydrogen-bond acceptors (Lipinski definition) is 7. The van der Waals surface area contributed by atoms with Crippen molar-refractivity contribution in [1.82, 2.24) is 19.6 Å². The maximum atomic E-state index is 12.4. The van der Waals surface area contributed by atoms with Gasteiger partial charge in [0.15, 0.2) is 17.5 Å². The fourth-order valence-electron chi connectivity index (χ4n) is 3.92. The van der Waals surface area contributed by atoms with Crippen molar-refractivity contribution < 1.29 is 14.3 Å². The molecule has 146 valence electrons. The SMILES string of the molecule is CC[C@H]1OC(c2cnn3c(N)ncnc23)[C@](C=O)(OCc2ccccc2)[C@@H]1C. The Kier molecular flexibility index (Phi) is 4.82. The van der Waals surface area contributed by atoms with Crippen LogP contribution < -0.4 is 5.73 Å². The lowest BCUT2D eigenvalue weighted by Crippen LogP contribution is -2.44. The van der Waals surface area contributed by atoms with Crippen molar-refractivity contribution >= 4 is 17.9 Å². The molecule has 2 N–H and O–H groups in total. The Labute approximate surface area is 162 Å². The number of carbonyl (C=O) groups excluding carboxylic acids is 1. The molecule has 0 saturated carbocycles. The Morgan fingerprint density at radius 3 is 2.82 bits per heavy atom. The highest BCUT2D eigenvalue weighted by molar-refractivity contribution is 5.68. The van der Waals surface area contributed by atoms with Gasteiger partial charge >= 0.3 is 0 Å². The molecule has 4 rings (SSSR count). The lowest BCUT2D eigenvalue weighted by Gasteiger charge is -2.32. The van der Waals surface area contributed by atoms with E-state index >= 15 is 0 Å². The summed E-state index contributed by atoms with van der Waals surface area (Å²) in [4.78, 5) is 20.7. The molecule has 1 aliphatic heterocycles. The van der Waals surface area contributed by atoms with Crippen LogP contribution in [0.2, 0.25) is 0 Å². The van der Waals surface area contributed by atoms with Crippen LogP contribution in [-0.2, 0) is 20.9 Å². The Morgan fingerprint density at radius 1 is 1.32 bits per heavy atom. The number of aldehydes is 1.